The van der Waals surface area contributed by atoms with E-state index in [0.717, 1.165) is 13.0 Å². The second kappa shape index (κ2) is 10.0. The molecule has 0 amide bonds. The van der Waals surface area contributed by atoms with Crippen molar-refractivity contribution >= 4 is 40.6 Å². The van der Waals surface area contributed by atoms with E-state index >= 15 is 0 Å². The molecular weight excluding hydrogens is 445 g/mol. The molecule has 0 saturated carbocycles. The van der Waals surface area contributed by atoms with Gasteiger partial charge in [-0.3, -0.25) is 0 Å². The lowest BCUT2D eigenvalue weighted by atomic mass is 10.2. The second-order valence-electron chi connectivity index (χ2n) is 9.90. The average molecular weight is 485 g/mol. The number of fused-ring (bicyclic) bond motifs is 1. The predicted molar refractivity (Wildman–Crippen MR) is 136 cm³/mol. The van der Waals surface area contributed by atoms with E-state index in [-0.39, 0.29) is 6.10 Å². The van der Waals surface area contributed by atoms with Gasteiger partial charge in [0.1, 0.15) is 0 Å². The van der Waals surface area contributed by atoms with Crippen molar-refractivity contribution in [3.63, 3.8) is 0 Å². The minimum Gasteiger partial charge on any atom is -0.414 e. The number of rotatable bonds is 6. The lowest BCUT2D eigenvalue weighted by molar-refractivity contribution is 0.0739. The summed E-state index contributed by atoms with van der Waals surface area (Å²) in [5.41, 5.74) is 1.61. The predicted octanol–water partition coefficient (Wildman–Crippen LogP) is 7.57. The van der Waals surface area contributed by atoms with E-state index in [9.17, 15) is 0 Å². The molecule has 2 aliphatic rings. The van der Waals surface area contributed by atoms with E-state index in [4.69, 9.17) is 13.0 Å². The Kier molecular flexibility index (Phi) is 8.30. The maximum Gasteiger partial charge on any atom is 0.334 e. The fourth-order valence-electron chi connectivity index (χ4n) is 4.84. The normalized spacial score (nSPS) is 28.7. The highest BCUT2D eigenvalue weighted by atomic mass is 32.2. The largest absolute Gasteiger partial charge is 0.414 e. The van der Waals surface area contributed by atoms with Crippen molar-refractivity contribution in [3.8, 4) is 0 Å². The minimum absolute atomic E-state index is 0.221. The SMILES string of the molecule is CC(C)[Si]1(C(C)C)OC[C@H]2SC(Sc3ccccc3)C[C@@H]2O[Si](C(C)C)(C(C)C)O1. The monoisotopic (exact) mass is 484 g/mol. The van der Waals surface area contributed by atoms with Crippen molar-refractivity contribution in [1.29, 1.82) is 0 Å². The first kappa shape index (κ1) is 24.9. The van der Waals surface area contributed by atoms with Crippen molar-refractivity contribution in [2.24, 2.45) is 0 Å². The molecule has 0 aliphatic carbocycles. The molecule has 2 aliphatic heterocycles. The van der Waals surface area contributed by atoms with Gasteiger partial charge in [0.05, 0.1) is 22.5 Å². The lowest BCUT2D eigenvalue weighted by Gasteiger charge is -2.51. The zero-order chi connectivity index (χ0) is 22.1. The lowest BCUT2D eigenvalue weighted by Crippen LogP contribution is -2.64. The van der Waals surface area contributed by atoms with Crippen molar-refractivity contribution in [2.45, 2.75) is 105 Å². The van der Waals surface area contributed by atoms with E-state index in [1.807, 2.05) is 11.8 Å². The van der Waals surface area contributed by atoms with Crippen LogP contribution in [0, 0.1) is 0 Å². The molecule has 7 heteroatoms. The van der Waals surface area contributed by atoms with Gasteiger partial charge < -0.3 is 13.0 Å². The van der Waals surface area contributed by atoms with Crippen molar-refractivity contribution in [2.75, 3.05) is 6.61 Å². The van der Waals surface area contributed by atoms with Gasteiger partial charge in [0.2, 0.25) is 0 Å². The molecule has 3 atom stereocenters. The first-order valence-electron chi connectivity index (χ1n) is 11.5. The molecule has 1 unspecified atom stereocenters. The van der Waals surface area contributed by atoms with Crippen LogP contribution in [0.15, 0.2) is 35.2 Å². The van der Waals surface area contributed by atoms with Gasteiger partial charge in [-0.25, -0.2) is 0 Å². The first-order valence-corrected chi connectivity index (χ1v) is 17.3. The van der Waals surface area contributed by atoms with Gasteiger partial charge in [-0.15, -0.1) is 23.5 Å². The third kappa shape index (κ3) is 4.92. The van der Waals surface area contributed by atoms with Gasteiger partial charge in [0.15, 0.2) is 0 Å². The summed E-state index contributed by atoms with van der Waals surface area (Å²) in [5, 5.41) is 0.392. The molecule has 30 heavy (non-hydrogen) atoms. The molecule has 1 aromatic carbocycles. The Hall–Kier alpha value is 0.234. The summed E-state index contributed by atoms with van der Waals surface area (Å²) >= 11 is 4.04. The highest BCUT2D eigenvalue weighted by Crippen LogP contribution is 2.51. The van der Waals surface area contributed by atoms with Crippen LogP contribution in [0.4, 0.5) is 0 Å². The Bertz CT molecular complexity index is 668. The highest BCUT2D eigenvalue weighted by molar-refractivity contribution is 8.17. The van der Waals surface area contributed by atoms with Crippen LogP contribution < -0.4 is 0 Å². The molecule has 0 aromatic heterocycles. The summed E-state index contributed by atoms with van der Waals surface area (Å²) in [4.78, 5) is 1.34. The summed E-state index contributed by atoms with van der Waals surface area (Å²) in [6, 6.07) is 10.8. The Morgan fingerprint density at radius 1 is 0.867 bits per heavy atom. The Morgan fingerprint density at radius 3 is 1.97 bits per heavy atom. The summed E-state index contributed by atoms with van der Waals surface area (Å²) in [6.07, 6.45) is 1.28. The minimum atomic E-state index is -2.47. The molecule has 2 saturated heterocycles. The van der Waals surface area contributed by atoms with Crippen LogP contribution >= 0.6 is 23.5 Å². The number of hydrogen-bond acceptors (Lipinski definition) is 5. The van der Waals surface area contributed by atoms with Crippen molar-refractivity contribution < 1.29 is 13.0 Å². The summed E-state index contributed by atoms with van der Waals surface area (Å²) in [5.74, 6) is 0. The maximum absolute atomic E-state index is 7.29. The summed E-state index contributed by atoms with van der Waals surface area (Å²) in [6.45, 7) is 19.2. The van der Waals surface area contributed by atoms with Crippen LogP contribution in [0.5, 0.6) is 0 Å². The second-order valence-corrected chi connectivity index (χ2v) is 21.8. The van der Waals surface area contributed by atoms with Gasteiger partial charge in [-0.05, 0) is 40.7 Å². The molecule has 0 radical (unpaired) electrons. The van der Waals surface area contributed by atoms with Gasteiger partial charge in [-0.1, -0.05) is 73.6 Å². The van der Waals surface area contributed by atoms with Crippen molar-refractivity contribution in [3.05, 3.63) is 30.3 Å². The molecule has 170 valence electrons. The standard InChI is InChI=1S/C23H40O3S2Si2/c1-16(2)29(17(3)4)24-15-22-21(25-30(26-29,18(5)6)19(7)8)14-23(28-22)27-20-12-10-9-11-13-20/h9-13,16-19,21-23H,14-15H2,1-8H3/t21-,22+,23?/m0/s1. The number of thioether (sulfide) groups is 2. The first-order chi connectivity index (χ1) is 14.1. The summed E-state index contributed by atoms with van der Waals surface area (Å²) < 4.78 is 21.9. The highest BCUT2D eigenvalue weighted by Gasteiger charge is 2.59. The molecule has 2 fully saturated rings. The molecular formula is C23H40O3S2Si2. The van der Waals surface area contributed by atoms with Gasteiger partial charge in [-0.2, -0.15) is 0 Å². The van der Waals surface area contributed by atoms with E-state index in [0.29, 0.717) is 32.0 Å². The zero-order valence-electron chi connectivity index (χ0n) is 19.9. The molecule has 0 N–H and O–H groups in total. The van der Waals surface area contributed by atoms with Crippen LogP contribution in [-0.4, -0.2) is 39.7 Å². The fraction of sp³-hybridized carbons (Fsp3) is 0.739. The van der Waals surface area contributed by atoms with E-state index in [1.54, 1.807) is 0 Å². The van der Waals surface area contributed by atoms with Crippen LogP contribution in [-0.2, 0) is 13.0 Å². The number of benzene rings is 1. The van der Waals surface area contributed by atoms with Crippen LogP contribution in [0.2, 0.25) is 22.2 Å². The zero-order valence-corrected chi connectivity index (χ0v) is 23.5. The van der Waals surface area contributed by atoms with E-state index in [1.165, 1.54) is 4.90 Å². The number of hydrogen-bond donors (Lipinski definition) is 0. The van der Waals surface area contributed by atoms with Gasteiger partial charge in [0, 0.05) is 4.90 Å². The van der Waals surface area contributed by atoms with E-state index < -0.39 is 17.1 Å². The molecule has 2 heterocycles. The van der Waals surface area contributed by atoms with Gasteiger partial charge >= 0.3 is 17.1 Å². The van der Waals surface area contributed by atoms with Gasteiger partial charge in [0.25, 0.3) is 0 Å². The molecule has 3 rings (SSSR count). The topological polar surface area (TPSA) is 27.7 Å². The quantitative estimate of drug-likeness (QED) is 0.388. The Morgan fingerprint density at radius 2 is 1.43 bits per heavy atom. The summed E-state index contributed by atoms with van der Waals surface area (Å²) in [7, 11) is -4.89. The maximum atomic E-state index is 7.29. The Labute approximate surface area is 194 Å². The molecule has 0 bridgehead atoms. The third-order valence-corrected chi connectivity index (χ3v) is 19.7. The third-order valence-electron chi connectivity index (χ3n) is 6.52. The average Bonchev–Trinajstić information content (AvgIpc) is 3.02. The van der Waals surface area contributed by atoms with Crippen molar-refractivity contribution in [1.82, 2.24) is 0 Å². The molecule has 1 aromatic rings. The Balaban J connectivity index is 1.91. The van der Waals surface area contributed by atoms with Crippen LogP contribution in [0.1, 0.15) is 61.8 Å². The van der Waals surface area contributed by atoms with Crippen LogP contribution in [0.25, 0.3) is 0 Å². The van der Waals surface area contributed by atoms with Crippen LogP contribution in [0.3, 0.4) is 0 Å². The fourth-order valence-corrected chi connectivity index (χ4v) is 19.4. The smallest absolute Gasteiger partial charge is 0.334 e. The van der Waals surface area contributed by atoms with E-state index in [2.05, 4.69) is 97.5 Å². The molecule has 3 nitrogen and oxygen atoms in total. The molecule has 0 spiro atoms.